The number of aromatic nitrogens is 1. The van der Waals surface area contributed by atoms with Crippen molar-refractivity contribution < 1.29 is 0 Å². The van der Waals surface area contributed by atoms with Gasteiger partial charge in [-0.05, 0) is 43.3 Å². The number of nitrogens with two attached hydrogens (primary N) is 1. The van der Waals surface area contributed by atoms with Crippen LogP contribution in [-0.2, 0) is 0 Å². The van der Waals surface area contributed by atoms with Crippen molar-refractivity contribution in [3.63, 3.8) is 0 Å². The van der Waals surface area contributed by atoms with Gasteiger partial charge in [0, 0.05) is 18.0 Å². The van der Waals surface area contributed by atoms with Gasteiger partial charge in [0.15, 0.2) is 0 Å². The number of rotatable bonds is 1. The Morgan fingerprint density at radius 1 is 1.10 bits per heavy atom. The van der Waals surface area contributed by atoms with E-state index in [1.54, 1.807) is 0 Å². The maximum absolute atomic E-state index is 12.8. The summed E-state index contributed by atoms with van der Waals surface area (Å²) in [6.45, 7) is 2.26. The first-order valence-corrected chi connectivity index (χ1v) is 7.39. The predicted molar refractivity (Wildman–Crippen MR) is 80.9 cm³/mol. The molecule has 2 fully saturated rings. The normalized spacial score (nSPS) is 26.2. The first-order chi connectivity index (χ1) is 9.75. The van der Waals surface area contributed by atoms with Gasteiger partial charge in [0.2, 0.25) is 0 Å². The van der Waals surface area contributed by atoms with E-state index in [1.165, 1.54) is 19.4 Å². The first kappa shape index (κ1) is 12.0. The van der Waals surface area contributed by atoms with E-state index in [0.29, 0.717) is 11.9 Å². The molecular formula is C16H19N3O. The third-order valence-corrected chi connectivity index (χ3v) is 4.89. The van der Waals surface area contributed by atoms with Crippen molar-refractivity contribution >= 4 is 16.6 Å². The molecule has 2 unspecified atom stereocenters. The third kappa shape index (κ3) is 1.61. The molecule has 2 aliphatic rings. The average Bonchev–Trinajstić information content (AvgIpc) is 3.03. The van der Waals surface area contributed by atoms with Crippen LogP contribution in [0.25, 0.3) is 10.8 Å². The van der Waals surface area contributed by atoms with Gasteiger partial charge < -0.3 is 5.73 Å². The van der Waals surface area contributed by atoms with E-state index in [9.17, 15) is 4.79 Å². The van der Waals surface area contributed by atoms with Crippen molar-refractivity contribution in [2.75, 3.05) is 18.8 Å². The fourth-order valence-corrected chi connectivity index (χ4v) is 3.99. The Balaban J connectivity index is 1.89. The van der Waals surface area contributed by atoms with Gasteiger partial charge in [0.25, 0.3) is 5.56 Å². The molecule has 0 amide bonds. The van der Waals surface area contributed by atoms with E-state index in [2.05, 4.69) is 4.90 Å². The summed E-state index contributed by atoms with van der Waals surface area (Å²) in [5, 5.41) is 1.71. The Bertz CT molecular complexity index is 721. The summed E-state index contributed by atoms with van der Waals surface area (Å²) < 4.78 is 1.85. The van der Waals surface area contributed by atoms with Gasteiger partial charge in [0.1, 0.15) is 5.82 Å². The number of fused-ring (bicyclic) bond motifs is 2. The fourth-order valence-electron chi connectivity index (χ4n) is 3.99. The molecule has 0 radical (unpaired) electrons. The monoisotopic (exact) mass is 269 g/mol. The topological polar surface area (TPSA) is 51.3 Å². The van der Waals surface area contributed by atoms with E-state index < -0.39 is 0 Å². The zero-order valence-corrected chi connectivity index (χ0v) is 11.5. The van der Waals surface area contributed by atoms with Crippen LogP contribution in [0.15, 0.2) is 35.1 Å². The van der Waals surface area contributed by atoms with Gasteiger partial charge in [-0.2, -0.15) is 0 Å². The van der Waals surface area contributed by atoms with Crippen molar-refractivity contribution in [3.05, 3.63) is 40.7 Å². The number of nitrogens with zero attached hydrogens (tertiary/aromatic N) is 2. The number of hydrogen-bond donors (Lipinski definition) is 1. The SMILES string of the molecule is Nc1cc2ccccc2c(=O)n1C1CCN2CCCC12. The minimum Gasteiger partial charge on any atom is -0.385 e. The summed E-state index contributed by atoms with van der Waals surface area (Å²) in [6.07, 6.45) is 3.46. The highest BCUT2D eigenvalue weighted by Gasteiger charge is 2.39. The lowest BCUT2D eigenvalue weighted by atomic mass is 10.0. The molecule has 3 heterocycles. The standard InChI is InChI=1S/C16H19N3O/c17-15-10-11-4-1-2-5-12(11)16(20)19(15)14-7-9-18-8-3-6-13(14)18/h1-2,4-5,10,13-14H,3,6-9,17H2. The van der Waals surface area contributed by atoms with Crippen molar-refractivity contribution in [2.24, 2.45) is 0 Å². The van der Waals surface area contributed by atoms with Crippen molar-refractivity contribution in [2.45, 2.75) is 31.3 Å². The van der Waals surface area contributed by atoms with Gasteiger partial charge >= 0.3 is 0 Å². The summed E-state index contributed by atoms with van der Waals surface area (Å²) in [5.74, 6) is 0.604. The highest BCUT2D eigenvalue weighted by molar-refractivity contribution is 5.83. The molecular weight excluding hydrogens is 250 g/mol. The Morgan fingerprint density at radius 2 is 1.95 bits per heavy atom. The summed E-state index contributed by atoms with van der Waals surface area (Å²) in [7, 11) is 0. The molecule has 0 aliphatic carbocycles. The molecule has 2 aliphatic heterocycles. The largest absolute Gasteiger partial charge is 0.385 e. The number of pyridine rings is 1. The number of nitrogen functional groups attached to an aromatic ring is 1. The van der Waals surface area contributed by atoms with Crippen LogP contribution in [0.4, 0.5) is 5.82 Å². The van der Waals surface area contributed by atoms with Gasteiger partial charge in [-0.25, -0.2) is 0 Å². The zero-order valence-electron chi connectivity index (χ0n) is 11.5. The molecule has 104 valence electrons. The van der Waals surface area contributed by atoms with E-state index >= 15 is 0 Å². The molecule has 4 heteroatoms. The Hall–Kier alpha value is -1.81. The number of anilines is 1. The lowest BCUT2D eigenvalue weighted by molar-refractivity contribution is 0.289. The highest BCUT2D eigenvalue weighted by atomic mass is 16.1. The molecule has 0 saturated carbocycles. The lowest BCUT2D eigenvalue weighted by Gasteiger charge is -2.24. The van der Waals surface area contributed by atoms with Crippen LogP contribution < -0.4 is 11.3 Å². The van der Waals surface area contributed by atoms with Crippen LogP contribution in [0, 0.1) is 0 Å². The molecule has 2 atom stereocenters. The summed E-state index contributed by atoms with van der Waals surface area (Å²) in [6, 6.07) is 10.4. The average molecular weight is 269 g/mol. The molecule has 2 N–H and O–H groups in total. The summed E-state index contributed by atoms with van der Waals surface area (Å²) in [5.41, 5.74) is 6.26. The van der Waals surface area contributed by atoms with E-state index in [4.69, 9.17) is 5.73 Å². The van der Waals surface area contributed by atoms with Gasteiger partial charge in [0.05, 0.1) is 6.04 Å². The zero-order chi connectivity index (χ0) is 13.7. The van der Waals surface area contributed by atoms with E-state index in [-0.39, 0.29) is 11.6 Å². The van der Waals surface area contributed by atoms with Crippen LogP contribution in [0.2, 0.25) is 0 Å². The lowest BCUT2D eigenvalue weighted by Crippen LogP contribution is -2.34. The molecule has 2 saturated heterocycles. The van der Waals surface area contributed by atoms with Gasteiger partial charge in [-0.15, -0.1) is 0 Å². The molecule has 1 aromatic heterocycles. The van der Waals surface area contributed by atoms with E-state index in [1.807, 2.05) is 34.9 Å². The number of benzene rings is 1. The maximum Gasteiger partial charge on any atom is 0.260 e. The second kappa shape index (κ2) is 4.35. The summed E-state index contributed by atoms with van der Waals surface area (Å²) in [4.78, 5) is 15.3. The Morgan fingerprint density at radius 3 is 2.85 bits per heavy atom. The van der Waals surface area contributed by atoms with Crippen molar-refractivity contribution in [1.29, 1.82) is 0 Å². The van der Waals surface area contributed by atoms with Crippen LogP contribution in [-0.4, -0.2) is 28.6 Å². The van der Waals surface area contributed by atoms with Crippen LogP contribution in [0.1, 0.15) is 25.3 Å². The second-order valence-electron chi connectivity index (χ2n) is 5.93. The Kier molecular flexibility index (Phi) is 2.60. The molecule has 0 spiro atoms. The molecule has 4 rings (SSSR count). The Labute approximate surface area is 117 Å². The van der Waals surface area contributed by atoms with E-state index in [0.717, 1.165) is 23.7 Å². The third-order valence-electron chi connectivity index (χ3n) is 4.89. The summed E-state index contributed by atoms with van der Waals surface area (Å²) >= 11 is 0. The molecule has 4 nitrogen and oxygen atoms in total. The molecule has 20 heavy (non-hydrogen) atoms. The maximum atomic E-state index is 12.8. The van der Waals surface area contributed by atoms with Crippen molar-refractivity contribution in [3.8, 4) is 0 Å². The van der Waals surface area contributed by atoms with Gasteiger partial charge in [-0.3, -0.25) is 14.3 Å². The molecule has 1 aromatic carbocycles. The second-order valence-corrected chi connectivity index (χ2v) is 5.93. The van der Waals surface area contributed by atoms with Gasteiger partial charge in [-0.1, -0.05) is 18.2 Å². The van der Waals surface area contributed by atoms with Crippen LogP contribution in [0.5, 0.6) is 0 Å². The highest BCUT2D eigenvalue weighted by Crippen LogP contribution is 2.36. The number of hydrogen-bond acceptors (Lipinski definition) is 3. The first-order valence-electron chi connectivity index (χ1n) is 7.39. The minimum absolute atomic E-state index is 0.0688. The van der Waals surface area contributed by atoms with Crippen molar-refractivity contribution in [1.82, 2.24) is 9.47 Å². The smallest absolute Gasteiger partial charge is 0.260 e. The van der Waals surface area contributed by atoms with Crippen LogP contribution in [0.3, 0.4) is 0 Å². The fraction of sp³-hybridized carbons (Fsp3) is 0.438. The minimum atomic E-state index is 0.0688. The predicted octanol–water partition coefficient (Wildman–Crippen LogP) is 1.99. The molecule has 2 aromatic rings. The molecule has 0 bridgehead atoms. The quantitative estimate of drug-likeness (QED) is 0.861. The van der Waals surface area contributed by atoms with Crippen LogP contribution >= 0.6 is 0 Å².